The lowest BCUT2D eigenvalue weighted by atomic mass is 10.1. The first-order valence-electron chi connectivity index (χ1n) is 5.00. The first-order chi connectivity index (χ1) is 7.95. The van der Waals surface area contributed by atoms with E-state index in [9.17, 15) is 14.5 Å². The average Bonchev–Trinajstić information content (AvgIpc) is 2.28. The summed E-state index contributed by atoms with van der Waals surface area (Å²) >= 11 is 0. The van der Waals surface area contributed by atoms with Crippen LogP contribution in [0.1, 0.15) is 6.92 Å². The van der Waals surface area contributed by atoms with Gasteiger partial charge >= 0.3 is 0 Å². The van der Waals surface area contributed by atoms with Gasteiger partial charge in [-0.15, -0.1) is 0 Å². The summed E-state index contributed by atoms with van der Waals surface area (Å²) in [5, 5.41) is 19.5. The number of benzene rings is 1. The van der Waals surface area contributed by atoms with Crippen LogP contribution in [0.2, 0.25) is 0 Å². The smallest absolute Gasteiger partial charge is 0.295 e. The third-order valence-electron chi connectivity index (χ3n) is 2.31. The van der Waals surface area contributed by atoms with Crippen LogP contribution in [-0.4, -0.2) is 18.5 Å². The summed E-state index contributed by atoms with van der Waals surface area (Å²) in [6.45, 7) is 2.06. The molecular formula is C11H12FN3O2. The third kappa shape index (κ3) is 3.14. The molecule has 90 valence electrons. The van der Waals surface area contributed by atoms with E-state index in [1.54, 1.807) is 18.9 Å². The first kappa shape index (κ1) is 12.9. The van der Waals surface area contributed by atoms with Crippen LogP contribution in [-0.2, 0) is 0 Å². The van der Waals surface area contributed by atoms with Gasteiger partial charge in [-0.1, -0.05) is 0 Å². The molecule has 0 bridgehead atoms. The highest BCUT2D eigenvalue weighted by Gasteiger charge is 2.19. The molecule has 1 unspecified atom stereocenters. The quantitative estimate of drug-likeness (QED) is 0.595. The summed E-state index contributed by atoms with van der Waals surface area (Å²) in [6, 6.07) is 5.43. The van der Waals surface area contributed by atoms with Gasteiger partial charge in [0, 0.05) is 13.6 Å². The topological polar surface area (TPSA) is 70.2 Å². The maximum Gasteiger partial charge on any atom is 0.295 e. The SMILES string of the molecule is CC(C#N)CN(C)c1ccc(F)cc1[N+](=O)[O-]. The van der Waals surface area contributed by atoms with Crippen LogP contribution in [0, 0.1) is 33.2 Å². The van der Waals surface area contributed by atoms with Crippen LogP contribution in [0.15, 0.2) is 18.2 Å². The fraction of sp³-hybridized carbons (Fsp3) is 0.364. The second kappa shape index (κ2) is 5.25. The number of anilines is 1. The molecule has 0 aromatic heterocycles. The van der Waals surface area contributed by atoms with Crippen LogP contribution in [0.4, 0.5) is 15.8 Å². The van der Waals surface area contributed by atoms with Crippen LogP contribution in [0.25, 0.3) is 0 Å². The van der Waals surface area contributed by atoms with E-state index < -0.39 is 10.7 Å². The van der Waals surface area contributed by atoms with Crippen molar-refractivity contribution in [2.45, 2.75) is 6.92 Å². The maximum absolute atomic E-state index is 12.9. The number of nitriles is 1. The Hall–Kier alpha value is -2.16. The van der Waals surface area contributed by atoms with Crippen molar-refractivity contribution >= 4 is 11.4 Å². The molecule has 0 N–H and O–H groups in total. The minimum atomic E-state index is -0.651. The Morgan fingerprint density at radius 3 is 2.82 bits per heavy atom. The lowest BCUT2D eigenvalue weighted by Gasteiger charge is -2.20. The lowest BCUT2D eigenvalue weighted by Crippen LogP contribution is -2.24. The van der Waals surface area contributed by atoms with Crippen molar-refractivity contribution in [3.8, 4) is 6.07 Å². The van der Waals surface area contributed by atoms with E-state index in [0.717, 1.165) is 12.1 Å². The summed E-state index contributed by atoms with van der Waals surface area (Å²) in [7, 11) is 1.63. The van der Waals surface area contributed by atoms with Gasteiger partial charge in [0.1, 0.15) is 11.5 Å². The Kier molecular flexibility index (Phi) is 3.99. The molecule has 0 aliphatic heterocycles. The van der Waals surface area contributed by atoms with Crippen molar-refractivity contribution in [1.82, 2.24) is 0 Å². The van der Waals surface area contributed by atoms with Crippen LogP contribution in [0.5, 0.6) is 0 Å². The van der Waals surface area contributed by atoms with E-state index in [1.807, 2.05) is 6.07 Å². The molecule has 0 radical (unpaired) electrons. The Labute approximate surface area is 98.2 Å². The van der Waals surface area contributed by atoms with Gasteiger partial charge in [-0.3, -0.25) is 10.1 Å². The van der Waals surface area contributed by atoms with E-state index in [-0.39, 0.29) is 11.6 Å². The average molecular weight is 237 g/mol. The van der Waals surface area contributed by atoms with Gasteiger partial charge in [-0.25, -0.2) is 4.39 Å². The first-order valence-corrected chi connectivity index (χ1v) is 5.00. The van der Waals surface area contributed by atoms with Crippen LogP contribution >= 0.6 is 0 Å². The largest absolute Gasteiger partial charge is 0.368 e. The summed E-state index contributed by atoms with van der Waals surface area (Å²) in [4.78, 5) is 11.7. The molecule has 1 atom stereocenters. The normalized spacial score (nSPS) is 11.6. The number of halogens is 1. The maximum atomic E-state index is 12.9. The molecular weight excluding hydrogens is 225 g/mol. The van der Waals surface area contributed by atoms with Crippen molar-refractivity contribution in [2.24, 2.45) is 5.92 Å². The molecule has 0 spiro atoms. The molecule has 1 aromatic carbocycles. The zero-order valence-electron chi connectivity index (χ0n) is 9.55. The van der Waals surface area contributed by atoms with E-state index >= 15 is 0 Å². The molecule has 0 fully saturated rings. The Bertz CT molecular complexity index is 470. The van der Waals surface area contributed by atoms with E-state index in [4.69, 9.17) is 5.26 Å². The third-order valence-corrected chi connectivity index (χ3v) is 2.31. The number of nitro groups is 1. The fourth-order valence-electron chi connectivity index (χ4n) is 1.52. The minimum absolute atomic E-state index is 0.260. The van der Waals surface area contributed by atoms with Crippen molar-refractivity contribution in [3.05, 3.63) is 34.1 Å². The summed E-state index contributed by atoms with van der Waals surface area (Å²) in [5.74, 6) is -0.910. The fourth-order valence-corrected chi connectivity index (χ4v) is 1.52. The van der Waals surface area contributed by atoms with E-state index in [1.165, 1.54) is 6.07 Å². The lowest BCUT2D eigenvalue weighted by molar-refractivity contribution is -0.384. The predicted octanol–water partition coefficient (Wildman–Crippen LogP) is 2.33. The molecule has 17 heavy (non-hydrogen) atoms. The molecule has 0 saturated carbocycles. The molecule has 0 amide bonds. The molecule has 0 saturated heterocycles. The van der Waals surface area contributed by atoms with Crippen molar-refractivity contribution in [2.75, 3.05) is 18.5 Å². The standard InChI is InChI=1S/C11H12FN3O2/c1-8(6-13)7-14(2)10-4-3-9(12)5-11(10)15(16)17/h3-5,8H,7H2,1-2H3. The van der Waals surface area contributed by atoms with Gasteiger partial charge in [0.2, 0.25) is 0 Å². The summed E-state index contributed by atoms with van der Waals surface area (Å²) in [5.41, 5.74) is 0.0103. The van der Waals surface area contributed by atoms with Crippen LogP contribution < -0.4 is 4.90 Å². The van der Waals surface area contributed by atoms with E-state index in [0.29, 0.717) is 12.2 Å². The molecule has 0 aliphatic rings. The molecule has 0 heterocycles. The van der Waals surface area contributed by atoms with Crippen molar-refractivity contribution in [1.29, 1.82) is 5.26 Å². The van der Waals surface area contributed by atoms with Gasteiger partial charge in [0.25, 0.3) is 5.69 Å². The number of rotatable bonds is 4. The number of nitrogens with zero attached hydrogens (tertiary/aromatic N) is 3. The zero-order chi connectivity index (χ0) is 13.0. The highest BCUT2D eigenvalue weighted by atomic mass is 19.1. The highest BCUT2D eigenvalue weighted by molar-refractivity contribution is 5.62. The van der Waals surface area contributed by atoms with Gasteiger partial charge in [0.05, 0.1) is 23.0 Å². The van der Waals surface area contributed by atoms with Gasteiger partial charge in [-0.2, -0.15) is 5.26 Å². The van der Waals surface area contributed by atoms with Crippen molar-refractivity contribution in [3.63, 3.8) is 0 Å². The Balaban J connectivity index is 3.05. The Morgan fingerprint density at radius 2 is 2.29 bits per heavy atom. The second-order valence-corrected chi connectivity index (χ2v) is 3.80. The minimum Gasteiger partial charge on any atom is -0.368 e. The molecule has 5 nitrogen and oxygen atoms in total. The predicted molar refractivity (Wildman–Crippen MR) is 61.1 cm³/mol. The second-order valence-electron chi connectivity index (χ2n) is 3.80. The van der Waals surface area contributed by atoms with Gasteiger partial charge < -0.3 is 4.90 Å². The molecule has 0 aliphatic carbocycles. The zero-order valence-corrected chi connectivity index (χ0v) is 9.55. The van der Waals surface area contributed by atoms with Crippen LogP contribution in [0.3, 0.4) is 0 Å². The van der Waals surface area contributed by atoms with E-state index in [2.05, 4.69) is 0 Å². The number of hydrogen-bond donors (Lipinski definition) is 0. The number of nitro benzene ring substituents is 1. The summed E-state index contributed by atoms with van der Waals surface area (Å²) < 4.78 is 12.9. The molecule has 1 rings (SSSR count). The summed E-state index contributed by atoms with van der Waals surface area (Å²) in [6.07, 6.45) is 0. The Morgan fingerprint density at radius 1 is 1.65 bits per heavy atom. The molecule has 1 aromatic rings. The van der Waals surface area contributed by atoms with Gasteiger partial charge in [0.15, 0.2) is 0 Å². The number of hydrogen-bond acceptors (Lipinski definition) is 4. The van der Waals surface area contributed by atoms with Gasteiger partial charge in [-0.05, 0) is 19.1 Å². The monoisotopic (exact) mass is 237 g/mol. The highest BCUT2D eigenvalue weighted by Crippen LogP contribution is 2.28. The van der Waals surface area contributed by atoms with Crippen molar-refractivity contribution < 1.29 is 9.31 Å². The molecule has 6 heteroatoms.